The summed E-state index contributed by atoms with van der Waals surface area (Å²) in [6.07, 6.45) is -2.54. The van der Waals surface area contributed by atoms with Gasteiger partial charge in [0.2, 0.25) is 0 Å². The van der Waals surface area contributed by atoms with E-state index in [9.17, 15) is 5.11 Å². The second-order valence-corrected chi connectivity index (χ2v) is 9.29. The molecule has 5 atom stereocenters. The number of aliphatic hydroxyl groups is 1. The normalized spacial score (nSPS) is 27.7. The molecule has 1 N–H and O–H groups in total. The van der Waals surface area contributed by atoms with Gasteiger partial charge in [-0.3, -0.25) is 0 Å². The summed E-state index contributed by atoms with van der Waals surface area (Å²) in [5, 5.41) is 10.9. The van der Waals surface area contributed by atoms with Crippen molar-refractivity contribution in [3.05, 3.63) is 65.7 Å². The number of benzene rings is 2. The molecular weight excluding hydrogens is 416 g/mol. The Hall–Kier alpha value is -1.61. The summed E-state index contributed by atoms with van der Waals surface area (Å²) >= 11 is 1.65. The fourth-order valence-electron chi connectivity index (χ4n) is 3.88. The molecule has 0 saturated carbocycles. The van der Waals surface area contributed by atoms with Gasteiger partial charge in [0.25, 0.3) is 0 Å². The molecule has 0 spiro atoms. The standard InChI is InChI=1S/C24H30O6S/c1-24(2)29-22-21(27-13-16-7-5-4-6-8-16)20(28-23(22)30-24)19(25)15-31-14-17-9-11-18(26-3)12-10-17/h4-12,19-23,25H,13-15H2,1-3H3/t19-,20-,21+,22-,23-/m1/s1. The quantitative estimate of drug-likeness (QED) is 0.629. The maximum absolute atomic E-state index is 10.9. The molecule has 2 fully saturated rings. The minimum Gasteiger partial charge on any atom is -0.497 e. The van der Waals surface area contributed by atoms with Crippen molar-refractivity contribution < 1.29 is 28.8 Å². The predicted octanol–water partition coefficient (Wildman–Crippen LogP) is 3.75. The number of hydrogen-bond donors (Lipinski definition) is 1. The first-order valence-electron chi connectivity index (χ1n) is 10.5. The third-order valence-corrected chi connectivity index (χ3v) is 6.52. The van der Waals surface area contributed by atoms with Gasteiger partial charge >= 0.3 is 0 Å². The van der Waals surface area contributed by atoms with Crippen LogP contribution in [0.3, 0.4) is 0 Å². The van der Waals surface area contributed by atoms with Crippen LogP contribution in [0.15, 0.2) is 54.6 Å². The second kappa shape index (κ2) is 9.90. The molecule has 0 aromatic heterocycles. The SMILES string of the molecule is COc1ccc(CSC[C@@H](O)[C@H]2O[C@@H]3OC(C)(C)O[C@@H]3[C@H]2OCc2ccccc2)cc1. The molecule has 6 nitrogen and oxygen atoms in total. The number of rotatable bonds is 9. The zero-order valence-corrected chi connectivity index (χ0v) is 18.9. The highest BCUT2D eigenvalue weighted by atomic mass is 32.2. The van der Waals surface area contributed by atoms with Crippen LogP contribution in [0.5, 0.6) is 5.75 Å². The first-order valence-corrected chi connectivity index (χ1v) is 11.7. The number of aliphatic hydroxyl groups excluding tert-OH is 1. The highest BCUT2D eigenvalue weighted by Gasteiger charge is 2.56. The van der Waals surface area contributed by atoms with Gasteiger partial charge in [-0.1, -0.05) is 42.5 Å². The van der Waals surface area contributed by atoms with Crippen LogP contribution in [0, 0.1) is 0 Å². The lowest BCUT2D eigenvalue weighted by atomic mass is 10.1. The van der Waals surface area contributed by atoms with E-state index >= 15 is 0 Å². The Morgan fingerprint density at radius 2 is 1.77 bits per heavy atom. The zero-order chi connectivity index (χ0) is 21.8. The van der Waals surface area contributed by atoms with Crippen LogP contribution in [-0.4, -0.2) is 54.5 Å². The van der Waals surface area contributed by atoms with Crippen LogP contribution in [0.1, 0.15) is 25.0 Å². The van der Waals surface area contributed by atoms with E-state index in [1.54, 1.807) is 18.9 Å². The predicted molar refractivity (Wildman–Crippen MR) is 119 cm³/mol. The summed E-state index contributed by atoms with van der Waals surface area (Å²) in [5.41, 5.74) is 2.23. The fourth-order valence-corrected chi connectivity index (χ4v) is 4.86. The van der Waals surface area contributed by atoms with Crippen molar-refractivity contribution in [2.45, 2.75) is 62.7 Å². The lowest BCUT2D eigenvalue weighted by Gasteiger charge is -2.28. The van der Waals surface area contributed by atoms with E-state index in [4.69, 9.17) is 23.7 Å². The lowest BCUT2D eigenvalue weighted by molar-refractivity contribution is -0.228. The van der Waals surface area contributed by atoms with Crippen molar-refractivity contribution in [2.75, 3.05) is 12.9 Å². The van der Waals surface area contributed by atoms with Crippen LogP contribution in [0.2, 0.25) is 0 Å². The summed E-state index contributed by atoms with van der Waals surface area (Å²) < 4.78 is 29.4. The van der Waals surface area contributed by atoms with Gasteiger partial charge in [0.05, 0.1) is 19.8 Å². The number of ether oxygens (including phenoxy) is 5. The number of thioether (sulfide) groups is 1. The van der Waals surface area contributed by atoms with Crippen molar-refractivity contribution in [1.29, 1.82) is 0 Å². The maximum atomic E-state index is 10.9. The Morgan fingerprint density at radius 3 is 2.48 bits per heavy atom. The highest BCUT2D eigenvalue weighted by molar-refractivity contribution is 7.98. The van der Waals surface area contributed by atoms with Crippen molar-refractivity contribution in [3.63, 3.8) is 0 Å². The molecule has 2 saturated heterocycles. The molecule has 0 aliphatic carbocycles. The summed E-state index contributed by atoms with van der Waals surface area (Å²) in [5.74, 6) is 1.41. The minimum absolute atomic E-state index is 0.370. The molecule has 2 heterocycles. The highest BCUT2D eigenvalue weighted by Crippen LogP contribution is 2.40. The van der Waals surface area contributed by atoms with Crippen LogP contribution < -0.4 is 4.74 Å². The molecular formula is C24H30O6S. The maximum Gasteiger partial charge on any atom is 0.190 e. The van der Waals surface area contributed by atoms with Crippen molar-refractivity contribution in [2.24, 2.45) is 0 Å². The van der Waals surface area contributed by atoms with Crippen LogP contribution in [0.25, 0.3) is 0 Å². The zero-order valence-electron chi connectivity index (χ0n) is 18.1. The third kappa shape index (κ3) is 5.61. The van der Waals surface area contributed by atoms with Gasteiger partial charge in [-0.2, -0.15) is 11.8 Å². The summed E-state index contributed by atoms with van der Waals surface area (Å²) in [4.78, 5) is 0. The first-order chi connectivity index (χ1) is 14.9. The van der Waals surface area contributed by atoms with Crippen molar-refractivity contribution in [3.8, 4) is 5.75 Å². The molecule has 168 valence electrons. The van der Waals surface area contributed by atoms with Gasteiger partial charge in [0, 0.05) is 11.5 Å². The van der Waals surface area contributed by atoms with Gasteiger partial charge in [-0.15, -0.1) is 0 Å². The summed E-state index contributed by atoms with van der Waals surface area (Å²) in [7, 11) is 1.65. The Labute approximate surface area is 187 Å². The van der Waals surface area contributed by atoms with Gasteiger partial charge < -0.3 is 28.8 Å². The molecule has 0 unspecified atom stereocenters. The smallest absolute Gasteiger partial charge is 0.190 e. The van der Waals surface area contributed by atoms with E-state index in [0.29, 0.717) is 12.4 Å². The molecule has 2 aliphatic rings. The number of methoxy groups -OCH3 is 1. The van der Waals surface area contributed by atoms with E-state index in [2.05, 4.69) is 0 Å². The van der Waals surface area contributed by atoms with Crippen LogP contribution in [0.4, 0.5) is 0 Å². The van der Waals surface area contributed by atoms with Gasteiger partial charge in [-0.05, 0) is 37.1 Å². The minimum atomic E-state index is -0.733. The second-order valence-electron chi connectivity index (χ2n) is 8.26. The Morgan fingerprint density at radius 1 is 1.03 bits per heavy atom. The van der Waals surface area contributed by atoms with E-state index in [1.807, 2.05) is 68.4 Å². The lowest BCUT2D eigenvalue weighted by Crippen LogP contribution is -2.43. The van der Waals surface area contributed by atoms with Crippen molar-refractivity contribution in [1.82, 2.24) is 0 Å². The molecule has 2 aromatic carbocycles. The molecule has 0 amide bonds. The largest absolute Gasteiger partial charge is 0.497 e. The average Bonchev–Trinajstić information content (AvgIpc) is 3.25. The molecule has 4 rings (SSSR count). The molecule has 0 radical (unpaired) electrons. The van der Waals surface area contributed by atoms with Crippen molar-refractivity contribution >= 4 is 11.8 Å². The molecule has 2 aromatic rings. The fraction of sp³-hybridized carbons (Fsp3) is 0.500. The van der Waals surface area contributed by atoms with Gasteiger partial charge in [0.15, 0.2) is 12.1 Å². The Bertz CT molecular complexity index is 828. The molecule has 2 aliphatic heterocycles. The van der Waals surface area contributed by atoms with E-state index in [1.165, 1.54) is 5.56 Å². The third-order valence-electron chi connectivity index (χ3n) is 5.41. The van der Waals surface area contributed by atoms with Crippen LogP contribution in [-0.2, 0) is 31.3 Å². The molecule has 31 heavy (non-hydrogen) atoms. The Kier molecular flexibility index (Phi) is 7.21. The summed E-state index contributed by atoms with van der Waals surface area (Å²) in [6, 6.07) is 17.9. The average molecular weight is 447 g/mol. The molecule has 0 bridgehead atoms. The first kappa shape index (κ1) is 22.6. The summed E-state index contributed by atoms with van der Waals surface area (Å²) in [6.45, 7) is 4.14. The number of hydrogen-bond acceptors (Lipinski definition) is 7. The topological polar surface area (TPSA) is 66.4 Å². The number of fused-ring (bicyclic) bond motifs is 1. The van der Waals surface area contributed by atoms with E-state index in [-0.39, 0.29) is 6.10 Å². The van der Waals surface area contributed by atoms with Gasteiger partial charge in [-0.25, -0.2) is 0 Å². The van der Waals surface area contributed by atoms with Gasteiger partial charge in [0.1, 0.15) is 24.1 Å². The van der Waals surface area contributed by atoms with E-state index < -0.39 is 30.4 Å². The van der Waals surface area contributed by atoms with Crippen LogP contribution >= 0.6 is 11.8 Å². The molecule has 7 heteroatoms. The van der Waals surface area contributed by atoms with E-state index in [0.717, 1.165) is 17.1 Å². The monoisotopic (exact) mass is 446 g/mol. The Balaban J connectivity index is 1.36.